The van der Waals surface area contributed by atoms with Gasteiger partial charge in [-0.25, -0.2) is 4.98 Å². The summed E-state index contributed by atoms with van der Waals surface area (Å²) in [4.78, 5) is 16.6. The zero-order chi connectivity index (χ0) is 20.8. The zero-order valence-corrected chi connectivity index (χ0v) is 17.8. The fourth-order valence-electron chi connectivity index (χ4n) is 3.18. The second-order valence-electron chi connectivity index (χ2n) is 6.94. The monoisotopic (exact) mass is 444 g/mol. The molecule has 1 aliphatic carbocycles. The molecular weight excluding hydrogens is 424 g/mol. The highest BCUT2D eigenvalue weighted by atomic mass is 35.5. The molecule has 0 radical (unpaired) electrons. The van der Waals surface area contributed by atoms with E-state index in [1.807, 2.05) is 12.1 Å². The van der Waals surface area contributed by atoms with Gasteiger partial charge in [-0.15, -0.1) is 10.2 Å². The molecule has 7 nitrogen and oxygen atoms in total. The van der Waals surface area contributed by atoms with Crippen molar-refractivity contribution in [3.8, 4) is 17.3 Å². The zero-order valence-electron chi connectivity index (χ0n) is 16.2. The van der Waals surface area contributed by atoms with Crippen molar-refractivity contribution in [2.45, 2.75) is 43.6 Å². The number of thioether (sulfide) groups is 1. The van der Waals surface area contributed by atoms with Gasteiger partial charge in [-0.2, -0.15) is 0 Å². The lowest BCUT2D eigenvalue weighted by atomic mass is 10.2. The van der Waals surface area contributed by atoms with Crippen molar-refractivity contribution in [1.82, 2.24) is 20.5 Å². The Hall–Kier alpha value is -2.58. The van der Waals surface area contributed by atoms with Crippen molar-refractivity contribution in [2.75, 3.05) is 5.75 Å². The number of carbonyl (C=O) groups excluding carboxylic acids is 1. The van der Waals surface area contributed by atoms with Crippen molar-refractivity contribution in [2.24, 2.45) is 0 Å². The molecule has 9 heteroatoms. The first kappa shape index (κ1) is 20.7. The van der Waals surface area contributed by atoms with Crippen LogP contribution >= 0.6 is 23.4 Å². The summed E-state index contributed by atoms with van der Waals surface area (Å²) in [6, 6.07) is 10.9. The van der Waals surface area contributed by atoms with Crippen LogP contribution in [0.5, 0.6) is 5.88 Å². The largest absolute Gasteiger partial charge is 0.474 e. The third-order valence-corrected chi connectivity index (χ3v) is 5.80. The van der Waals surface area contributed by atoms with Gasteiger partial charge in [-0.3, -0.25) is 4.79 Å². The highest BCUT2D eigenvalue weighted by Gasteiger charge is 2.19. The van der Waals surface area contributed by atoms with Gasteiger partial charge in [0.2, 0.25) is 17.7 Å². The van der Waals surface area contributed by atoms with Gasteiger partial charge in [0, 0.05) is 28.9 Å². The van der Waals surface area contributed by atoms with E-state index in [0.717, 1.165) is 24.0 Å². The van der Waals surface area contributed by atoms with Crippen LogP contribution in [0.15, 0.2) is 52.2 Å². The van der Waals surface area contributed by atoms with E-state index < -0.39 is 0 Å². The quantitative estimate of drug-likeness (QED) is 0.511. The number of amides is 1. The third kappa shape index (κ3) is 5.52. The summed E-state index contributed by atoms with van der Waals surface area (Å²) in [6.45, 7) is 0.356. The number of nitrogens with one attached hydrogen (secondary N) is 1. The molecule has 0 spiro atoms. The summed E-state index contributed by atoms with van der Waals surface area (Å²) >= 11 is 7.08. The maximum Gasteiger partial charge on any atom is 0.277 e. The van der Waals surface area contributed by atoms with Crippen molar-refractivity contribution < 1.29 is 13.9 Å². The Balaban J connectivity index is 1.27. The molecule has 1 aliphatic rings. The average Bonchev–Trinajstić information content (AvgIpc) is 3.44. The summed E-state index contributed by atoms with van der Waals surface area (Å²) in [7, 11) is 0. The SMILES string of the molecule is O=C(CSc1nnc(-c2ccc(Cl)cc2)o1)NCc1cccnc1OC1CCCC1. The highest BCUT2D eigenvalue weighted by Crippen LogP contribution is 2.26. The van der Waals surface area contributed by atoms with Crippen LogP contribution in [-0.2, 0) is 11.3 Å². The first-order valence-electron chi connectivity index (χ1n) is 9.77. The lowest BCUT2D eigenvalue weighted by Gasteiger charge is -2.15. The molecular formula is C21H21ClN4O3S. The Labute approximate surface area is 183 Å². The molecule has 1 aromatic carbocycles. The number of aromatic nitrogens is 3. The molecule has 4 rings (SSSR count). The topological polar surface area (TPSA) is 90.1 Å². The standard InChI is InChI=1S/C21H21ClN4O3S/c22-16-9-7-14(8-10-16)20-25-26-21(29-20)30-13-18(27)24-12-15-4-3-11-23-19(15)28-17-5-1-2-6-17/h3-4,7-11,17H,1-2,5-6,12-13H2,(H,24,27). The normalized spacial score (nSPS) is 14.0. The molecule has 1 N–H and O–H groups in total. The summed E-state index contributed by atoms with van der Waals surface area (Å²) < 4.78 is 11.6. The number of rotatable bonds is 8. The molecule has 0 saturated heterocycles. The molecule has 0 bridgehead atoms. The summed E-state index contributed by atoms with van der Waals surface area (Å²) in [6.07, 6.45) is 6.42. The average molecular weight is 445 g/mol. The number of hydrogen-bond acceptors (Lipinski definition) is 7. The van der Waals surface area contributed by atoms with Gasteiger partial charge in [0.25, 0.3) is 5.22 Å². The van der Waals surface area contributed by atoms with Crippen molar-refractivity contribution >= 4 is 29.3 Å². The fraction of sp³-hybridized carbons (Fsp3) is 0.333. The molecule has 0 unspecified atom stereocenters. The van der Waals surface area contributed by atoms with Crippen molar-refractivity contribution in [3.05, 3.63) is 53.2 Å². The molecule has 156 valence electrons. The number of ether oxygens (including phenoxy) is 1. The number of carbonyl (C=O) groups is 1. The van der Waals surface area contributed by atoms with Crippen LogP contribution < -0.4 is 10.1 Å². The van der Waals surface area contributed by atoms with Crippen molar-refractivity contribution in [3.63, 3.8) is 0 Å². The molecule has 1 amide bonds. The van der Waals surface area contributed by atoms with E-state index in [0.29, 0.717) is 28.6 Å². The predicted molar refractivity (Wildman–Crippen MR) is 114 cm³/mol. The van der Waals surface area contributed by atoms with Crippen LogP contribution in [0.25, 0.3) is 11.5 Å². The lowest BCUT2D eigenvalue weighted by molar-refractivity contribution is -0.118. The highest BCUT2D eigenvalue weighted by molar-refractivity contribution is 7.99. The molecule has 1 saturated carbocycles. The van der Waals surface area contributed by atoms with Gasteiger partial charge in [0.05, 0.1) is 5.75 Å². The predicted octanol–water partition coefficient (Wildman–Crippen LogP) is 4.51. The Bertz CT molecular complexity index is 990. The first-order valence-corrected chi connectivity index (χ1v) is 11.1. The van der Waals surface area contributed by atoms with Crippen LogP contribution in [0, 0.1) is 0 Å². The van der Waals surface area contributed by atoms with E-state index in [9.17, 15) is 4.79 Å². The Kier molecular flexibility index (Phi) is 6.86. The molecule has 2 aromatic heterocycles. The van der Waals surface area contributed by atoms with Crippen LogP contribution in [-0.4, -0.2) is 32.9 Å². The molecule has 1 fully saturated rings. The molecule has 0 atom stereocenters. The summed E-state index contributed by atoms with van der Waals surface area (Å²) in [5.41, 5.74) is 1.64. The Morgan fingerprint density at radius 2 is 2.00 bits per heavy atom. The fourth-order valence-corrected chi connectivity index (χ4v) is 3.90. The van der Waals surface area contributed by atoms with E-state index in [-0.39, 0.29) is 17.8 Å². The second kappa shape index (κ2) is 9.95. The van der Waals surface area contributed by atoms with Crippen molar-refractivity contribution in [1.29, 1.82) is 0 Å². The maximum absolute atomic E-state index is 12.3. The molecule has 30 heavy (non-hydrogen) atoms. The van der Waals surface area contributed by atoms with Gasteiger partial charge in [0.1, 0.15) is 6.10 Å². The molecule has 3 aromatic rings. The Morgan fingerprint density at radius 1 is 1.20 bits per heavy atom. The summed E-state index contributed by atoms with van der Waals surface area (Å²) in [5.74, 6) is 1.02. The van der Waals surface area contributed by atoms with Gasteiger partial charge >= 0.3 is 0 Å². The second-order valence-corrected chi connectivity index (χ2v) is 8.30. The van der Waals surface area contributed by atoms with E-state index in [2.05, 4.69) is 20.5 Å². The van der Waals surface area contributed by atoms with E-state index >= 15 is 0 Å². The maximum atomic E-state index is 12.3. The van der Waals surface area contributed by atoms with Gasteiger partial charge in [-0.1, -0.05) is 29.4 Å². The van der Waals surface area contributed by atoms with Gasteiger partial charge in [0.15, 0.2) is 0 Å². The minimum absolute atomic E-state index is 0.137. The Morgan fingerprint density at radius 3 is 2.80 bits per heavy atom. The van der Waals surface area contributed by atoms with Crippen LogP contribution in [0.1, 0.15) is 31.2 Å². The smallest absolute Gasteiger partial charge is 0.277 e. The van der Waals surface area contributed by atoms with Gasteiger partial charge in [-0.05, 0) is 56.0 Å². The lowest BCUT2D eigenvalue weighted by Crippen LogP contribution is -2.25. The van der Waals surface area contributed by atoms with Crippen LogP contribution in [0.3, 0.4) is 0 Å². The number of halogens is 1. The van der Waals surface area contributed by atoms with Crippen LogP contribution in [0.4, 0.5) is 0 Å². The third-order valence-electron chi connectivity index (χ3n) is 4.73. The molecule has 0 aliphatic heterocycles. The minimum Gasteiger partial charge on any atom is -0.474 e. The van der Waals surface area contributed by atoms with E-state index in [4.69, 9.17) is 20.8 Å². The van der Waals surface area contributed by atoms with Crippen LogP contribution in [0.2, 0.25) is 5.02 Å². The number of hydrogen-bond donors (Lipinski definition) is 1. The minimum atomic E-state index is -0.137. The molecule has 2 heterocycles. The van der Waals surface area contributed by atoms with Gasteiger partial charge < -0.3 is 14.5 Å². The summed E-state index contributed by atoms with van der Waals surface area (Å²) in [5, 5.41) is 11.9. The number of nitrogens with zero attached hydrogens (tertiary/aromatic N) is 3. The van der Waals surface area contributed by atoms with E-state index in [1.54, 1.807) is 30.5 Å². The number of pyridine rings is 1. The first-order chi connectivity index (χ1) is 14.7. The van der Waals surface area contributed by atoms with E-state index in [1.165, 1.54) is 24.6 Å². The number of benzene rings is 1.